The van der Waals surface area contributed by atoms with Crippen molar-refractivity contribution in [2.75, 3.05) is 27.1 Å². The van der Waals surface area contributed by atoms with Crippen molar-refractivity contribution in [2.45, 2.75) is 12.1 Å². The minimum absolute atomic E-state index is 0.0990. The maximum Gasteiger partial charge on any atom is 0.196 e. The molecule has 7 nitrogen and oxygen atoms in total. The molecule has 1 heterocycles. The van der Waals surface area contributed by atoms with Crippen LogP contribution in [0.25, 0.3) is 17.1 Å². The number of ketones is 1. The van der Waals surface area contributed by atoms with E-state index in [1.165, 1.54) is 11.8 Å². The van der Waals surface area contributed by atoms with E-state index in [4.69, 9.17) is 14.2 Å². The van der Waals surface area contributed by atoms with Crippen molar-refractivity contribution in [2.24, 2.45) is 0 Å². The number of benzene rings is 3. The Morgan fingerprint density at radius 2 is 1.62 bits per heavy atom. The lowest BCUT2D eigenvalue weighted by atomic mass is 10.1. The third-order valence-electron chi connectivity index (χ3n) is 5.31. The Bertz CT molecular complexity index is 1300. The van der Waals surface area contributed by atoms with Crippen LogP contribution < -0.4 is 14.2 Å². The molecule has 0 unspecified atom stereocenters. The van der Waals surface area contributed by atoms with E-state index in [0.29, 0.717) is 33.8 Å². The number of carbonyl (C=O) groups excluding carboxylic acids is 1. The van der Waals surface area contributed by atoms with Crippen LogP contribution in [0.4, 0.5) is 0 Å². The predicted molar refractivity (Wildman–Crippen MR) is 133 cm³/mol. The Kier molecular flexibility index (Phi) is 7.18. The highest BCUT2D eigenvalue weighted by atomic mass is 32.2. The first-order valence-electron chi connectivity index (χ1n) is 10.6. The van der Waals surface area contributed by atoms with Crippen molar-refractivity contribution >= 4 is 17.5 Å². The number of aryl methyl sites for hydroxylation is 1. The van der Waals surface area contributed by atoms with Crippen LogP contribution in [0.1, 0.15) is 15.9 Å². The zero-order valence-electron chi connectivity index (χ0n) is 19.4. The highest BCUT2D eigenvalue weighted by molar-refractivity contribution is 7.99. The Labute approximate surface area is 202 Å². The second-order valence-electron chi connectivity index (χ2n) is 7.46. The maximum absolute atomic E-state index is 13.1. The molecule has 0 aliphatic carbocycles. The van der Waals surface area contributed by atoms with Crippen molar-refractivity contribution in [3.63, 3.8) is 0 Å². The lowest BCUT2D eigenvalue weighted by Crippen LogP contribution is -2.07. The van der Waals surface area contributed by atoms with E-state index in [1.54, 1.807) is 39.5 Å². The summed E-state index contributed by atoms with van der Waals surface area (Å²) in [6, 6.07) is 20.9. The first-order chi connectivity index (χ1) is 16.5. The molecule has 0 saturated carbocycles. The van der Waals surface area contributed by atoms with Gasteiger partial charge in [-0.3, -0.25) is 9.36 Å². The Morgan fingerprint density at radius 1 is 0.882 bits per heavy atom. The molecule has 0 saturated heterocycles. The topological polar surface area (TPSA) is 75.5 Å². The van der Waals surface area contributed by atoms with Gasteiger partial charge in [-0.1, -0.05) is 41.6 Å². The number of rotatable bonds is 9. The molecular formula is C26H25N3O4S. The third kappa shape index (κ3) is 4.77. The smallest absolute Gasteiger partial charge is 0.196 e. The first kappa shape index (κ1) is 23.4. The Hall–Kier alpha value is -3.78. The van der Waals surface area contributed by atoms with Crippen LogP contribution in [0.3, 0.4) is 0 Å². The number of methoxy groups -OCH3 is 3. The molecule has 3 aromatic carbocycles. The van der Waals surface area contributed by atoms with Gasteiger partial charge in [0.15, 0.2) is 16.8 Å². The van der Waals surface area contributed by atoms with Crippen LogP contribution in [0.2, 0.25) is 0 Å². The summed E-state index contributed by atoms with van der Waals surface area (Å²) >= 11 is 1.31. The standard InChI is InChI=1S/C26H25N3O4S/c1-17-9-11-18(12-10-17)29-25(20-7-5-6-8-23(20)32-3)27-28-26(29)34-16-22(30)21-15-19(31-2)13-14-24(21)33-4/h5-15H,16H2,1-4H3. The molecule has 8 heteroatoms. The molecule has 0 aliphatic heterocycles. The molecule has 34 heavy (non-hydrogen) atoms. The number of aromatic nitrogens is 3. The molecule has 1 aromatic heterocycles. The predicted octanol–water partition coefficient (Wildman–Crippen LogP) is 5.24. The van der Waals surface area contributed by atoms with Gasteiger partial charge in [0.1, 0.15) is 17.2 Å². The molecule has 0 aliphatic rings. The number of hydrogen-bond acceptors (Lipinski definition) is 7. The summed E-state index contributed by atoms with van der Waals surface area (Å²) in [5.41, 5.74) is 3.31. The van der Waals surface area contributed by atoms with Crippen molar-refractivity contribution < 1.29 is 19.0 Å². The summed E-state index contributed by atoms with van der Waals surface area (Å²) in [5, 5.41) is 9.48. The molecule has 0 radical (unpaired) electrons. The monoisotopic (exact) mass is 475 g/mol. The molecule has 0 N–H and O–H groups in total. The van der Waals surface area contributed by atoms with Crippen LogP contribution in [0.5, 0.6) is 17.2 Å². The van der Waals surface area contributed by atoms with E-state index in [-0.39, 0.29) is 11.5 Å². The van der Waals surface area contributed by atoms with Gasteiger partial charge in [-0.15, -0.1) is 10.2 Å². The van der Waals surface area contributed by atoms with Crippen molar-refractivity contribution in [1.29, 1.82) is 0 Å². The summed E-state index contributed by atoms with van der Waals surface area (Å²) in [5.74, 6) is 2.47. The van der Waals surface area contributed by atoms with Gasteiger partial charge in [-0.05, 0) is 49.4 Å². The average molecular weight is 476 g/mol. The zero-order valence-corrected chi connectivity index (χ0v) is 20.3. The number of hydrogen-bond donors (Lipinski definition) is 0. The van der Waals surface area contributed by atoms with Gasteiger partial charge in [0.2, 0.25) is 0 Å². The first-order valence-corrected chi connectivity index (χ1v) is 11.6. The van der Waals surface area contributed by atoms with Crippen LogP contribution in [0.15, 0.2) is 71.9 Å². The molecule has 0 spiro atoms. The summed E-state index contributed by atoms with van der Waals surface area (Å²) < 4.78 is 18.1. The van der Waals surface area contributed by atoms with Crippen LogP contribution >= 0.6 is 11.8 Å². The molecule has 4 aromatic rings. The van der Waals surface area contributed by atoms with Crippen LogP contribution in [-0.4, -0.2) is 47.6 Å². The molecule has 0 amide bonds. The summed E-state index contributed by atoms with van der Waals surface area (Å²) in [4.78, 5) is 13.1. The molecule has 0 bridgehead atoms. The Morgan fingerprint density at radius 3 is 2.32 bits per heavy atom. The zero-order chi connectivity index (χ0) is 24.1. The molecular weight excluding hydrogens is 450 g/mol. The van der Waals surface area contributed by atoms with Gasteiger partial charge >= 0.3 is 0 Å². The fourth-order valence-electron chi connectivity index (χ4n) is 3.53. The quantitative estimate of drug-likeness (QED) is 0.242. The summed E-state index contributed by atoms with van der Waals surface area (Å²) in [6.45, 7) is 2.03. The number of para-hydroxylation sites is 1. The van der Waals surface area contributed by atoms with Gasteiger partial charge in [-0.25, -0.2) is 0 Å². The van der Waals surface area contributed by atoms with Gasteiger partial charge in [0.05, 0.1) is 38.2 Å². The van der Waals surface area contributed by atoms with Crippen molar-refractivity contribution in [3.8, 4) is 34.3 Å². The molecule has 0 atom stereocenters. The fraction of sp³-hybridized carbons (Fsp3) is 0.192. The number of thioether (sulfide) groups is 1. The molecule has 0 fully saturated rings. The maximum atomic E-state index is 13.1. The lowest BCUT2D eigenvalue weighted by Gasteiger charge is -2.13. The minimum atomic E-state index is -0.0990. The summed E-state index contributed by atoms with van der Waals surface area (Å²) in [7, 11) is 4.73. The third-order valence-corrected chi connectivity index (χ3v) is 6.24. The molecule has 4 rings (SSSR count). The number of nitrogens with zero attached hydrogens (tertiary/aromatic N) is 3. The van der Waals surface area contributed by atoms with Crippen LogP contribution in [-0.2, 0) is 0 Å². The normalized spacial score (nSPS) is 10.7. The van der Waals surface area contributed by atoms with E-state index < -0.39 is 0 Å². The van der Waals surface area contributed by atoms with E-state index >= 15 is 0 Å². The van der Waals surface area contributed by atoms with Gasteiger partial charge in [-0.2, -0.15) is 0 Å². The van der Waals surface area contributed by atoms with E-state index in [2.05, 4.69) is 10.2 Å². The minimum Gasteiger partial charge on any atom is -0.497 e. The average Bonchev–Trinajstić information content (AvgIpc) is 3.30. The van der Waals surface area contributed by atoms with Gasteiger partial charge < -0.3 is 14.2 Å². The Balaban J connectivity index is 1.71. The second-order valence-corrected chi connectivity index (χ2v) is 8.40. The number of Topliss-reactive ketones (excluding diaryl/α,β-unsaturated/α-hetero) is 1. The van der Waals surface area contributed by atoms with Gasteiger partial charge in [0, 0.05) is 5.69 Å². The SMILES string of the molecule is COc1ccc(OC)c(C(=O)CSc2nnc(-c3ccccc3OC)n2-c2ccc(C)cc2)c1. The van der Waals surface area contributed by atoms with Crippen LogP contribution in [0, 0.1) is 6.92 Å². The molecule has 174 valence electrons. The second kappa shape index (κ2) is 10.4. The highest BCUT2D eigenvalue weighted by Gasteiger charge is 2.21. The fourth-order valence-corrected chi connectivity index (χ4v) is 4.37. The number of carbonyl (C=O) groups is 1. The van der Waals surface area contributed by atoms with E-state index in [9.17, 15) is 4.79 Å². The van der Waals surface area contributed by atoms with Crippen molar-refractivity contribution in [1.82, 2.24) is 14.8 Å². The lowest BCUT2D eigenvalue weighted by molar-refractivity contribution is 0.101. The van der Waals surface area contributed by atoms with Gasteiger partial charge in [0.25, 0.3) is 0 Å². The summed E-state index contributed by atoms with van der Waals surface area (Å²) in [6.07, 6.45) is 0. The van der Waals surface area contributed by atoms with E-state index in [0.717, 1.165) is 16.8 Å². The highest BCUT2D eigenvalue weighted by Crippen LogP contribution is 2.34. The van der Waals surface area contributed by atoms with E-state index in [1.807, 2.05) is 60.0 Å². The largest absolute Gasteiger partial charge is 0.497 e. The number of ether oxygens (including phenoxy) is 3. The van der Waals surface area contributed by atoms with Crippen molar-refractivity contribution in [3.05, 3.63) is 77.9 Å².